The van der Waals surface area contributed by atoms with Crippen molar-refractivity contribution in [2.45, 2.75) is 32.2 Å². The largest absolute Gasteiger partial charge is 0.497 e. The zero-order valence-corrected chi connectivity index (χ0v) is 12.0. The molecule has 3 heteroatoms. The minimum atomic E-state index is 0.344. The molecule has 3 nitrogen and oxygen atoms in total. The third kappa shape index (κ3) is 2.48. The molecule has 0 spiro atoms. The van der Waals surface area contributed by atoms with Crippen molar-refractivity contribution in [3.05, 3.63) is 53.3 Å². The van der Waals surface area contributed by atoms with Crippen molar-refractivity contribution < 1.29 is 4.74 Å². The highest BCUT2D eigenvalue weighted by atomic mass is 16.5. The van der Waals surface area contributed by atoms with Crippen molar-refractivity contribution in [1.82, 2.24) is 4.98 Å². The summed E-state index contributed by atoms with van der Waals surface area (Å²) in [5.41, 5.74) is 4.95. The van der Waals surface area contributed by atoms with Crippen LogP contribution in [0.1, 0.15) is 35.7 Å². The fraction of sp³-hybridized carbons (Fsp3) is 0.353. The number of hydrogen-bond acceptors (Lipinski definition) is 3. The van der Waals surface area contributed by atoms with Crippen LogP contribution in [0.15, 0.2) is 36.5 Å². The Kier molecular flexibility index (Phi) is 3.59. The number of pyridine rings is 1. The summed E-state index contributed by atoms with van der Waals surface area (Å²) in [5.74, 6) is 0.931. The number of nitrogens with zero attached hydrogens (tertiary/aromatic N) is 1. The minimum Gasteiger partial charge on any atom is -0.497 e. The van der Waals surface area contributed by atoms with Crippen LogP contribution in [0.3, 0.4) is 0 Å². The Balaban J connectivity index is 1.91. The first-order chi connectivity index (χ1) is 9.78. The summed E-state index contributed by atoms with van der Waals surface area (Å²) in [6, 6.07) is 10.8. The molecular formula is C17H20N2O. The van der Waals surface area contributed by atoms with E-state index in [2.05, 4.69) is 34.6 Å². The van der Waals surface area contributed by atoms with Gasteiger partial charge in [-0.25, -0.2) is 0 Å². The maximum absolute atomic E-state index is 5.36. The van der Waals surface area contributed by atoms with Crippen molar-refractivity contribution in [1.29, 1.82) is 0 Å². The van der Waals surface area contributed by atoms with Crippen LogP contribution in [0.25, 0.3) is 0 Å². The lowest BCUT2D eigenvalue weighted by Gasteiger charge is -2.28. The first-order valence-electron chi connectivity index (χ1n) is 7.13. The molecule has 2 aromatic rings. The molecule has 1 heterocycles. The van der Waals surface area contributed by atoms with E-state index < -0.39 is 0 Å². The molecule has 1 aliphatic carbocycles. The topological polar surface area (TPSA) is 34.1 Å². The maximum atomic E-state index is 5.36. The molecule has 1 N–H and O–H groups in total. The Morgan fingerprint density at radius 3 is 3.00 bits per heavy atom. The molecule has 0 saturated heterocycles. The second-order valence-corrected chi connectivity index (χ2v) is 5.29. The van der Waals surface area contributed by atoms with E-state index in [1.807, 2.05) is 19.2 Å². The Hall–Kier alpha value is -2.03. The lowest BCUT2D eigenvalue weighted by molar-refractivity contribution is 0.413. The summed E-state index contributed by atoms with van der Waals surface area (Å²) < 4.78 is 5.36. The Bertz CT molecular complexity index is 610. The highest BCUT2D eigenvalue weighted by molar-refractivity contribution is 5.51. The SMILES string of the molecule is COc1ccc2c(c1)C(Nc1cccnc1C)CCC2. The number of benzene rings is 1. The zero-order chi connectivity index (χ0) is 13.9. The van der Waals surface area contributed by atoms with E-state index in [0.717, 1.165) is 30.0 Å². The second kappa shape index (κ2) is 5.53. The minimum absolute atomic E-state index is 0.344. The van der Waals surface area contributed by atoms with Crippen molar-refractivity contribution in [2.75, 3.05) is 12.4 Å². The predicted octanol–water partition coefficient (Wildman–Crippen LogP) is 3.89. The number of rotatable bonds is 3. The summed E-state index contributed by atoms with van der Waals surface area (Å²) in [4.78, 5) is 4.35. The number of aromatic nitrogens is 1. The fourth-order valence-corrected chi connectivity index (χ4v) is 2.88. The Morgan fingerprint density at radius 2 is 2.20 bits per heavy atom. The molecule has 0 amide bonds. The van der Waals surface area contributed by atoms with Crippen molar-refractivity contribution in [2.24, 2.45) is 0 Å². The van der Waals surface area contributed by atoms with E-state index in [0.29, 0.717) is 6.04 Å². The van der Waals surface area contributed by atoms with Gasteiger partial charge in [-0.05, 0) is 61.6 Å². The number of nitrogens with one attached hydrogen (secondary N) is 1. The molecule has 0 fully saturated rings. The summed E-state index contributed by atoms with van der Waals surface area (Å²) in [5, 5.41) is 3.64. The van der Waals surface area contributed by atoms with Gasteiger partial charge in [-0.3, -0.25) is 4.98 Å². The van der Waals surface area contributed by atoms with Gasteiger partial charge in [-0.1, -0.05) is 6.07 Å². The number of anilines is 1. The van der Waals surface area contributed by atoms with E-state index in [-0.39, 0.29) is 0 Å². The standard InChI is InChI=1S/C17H20N2O/c1-12-16(7-4-10-18-12)19-17-6-3-5-13-8-9-14(20-2)11-15(13)17/h4,7-11,17,19H,3,5-6H2,1-2H3. The summed E-state index contributed by atoms with van der Waals surface area (Å²) >= 11 is 0. The number of methoxy groups -OCH3 is 1. The molecule has 0 saturated carbocycles. The van der Waals surface area contributed by atoms with Crippen molar-refractivity contribution in [3.63, 3.8) is 0 Å². The van der Waals surface area contributed by atoms with Crippen LogP contribution >= 0.6 is 0 Å². The van der Waals surface area contributed by atoms with Gasteiger partial charge in [0.25, 0.3) is 0 Å². The molecule has 3 rings (SSSR count). The summed E-state index contributed by atoms with van der Waals surface area (Å²) in [6.45, 7) is 2.04. The quantitative estimate of drug-likeness (QED) is 0.917. The van der Waals surface area contributed by atoms with Gasteiger partial charge in [0.2, 0.25) is 0 Å². The molecule has 0 radical (unpaired) electrons. The van der Waals surface area contributed by atoms with Crippen LogP contribution in [-0.2, 0) is 6.42 Å². The van der Waals surface area contributed by atoms with Crippen LogP contribution in [0.5, 0.6) is 5.75 Å². The maximum Gasteiger partial charge on any atom is 0.119 e. The van der Waals surface area contributed by atoms with Crippen LogP contribution in [0.2, 0.25) is 0 Å². The number of ether oxygens (including phenoxy) is 1. The molecule has 0 aliphatic heterocycles. The van der Waals surface area contributed by atoms with Gasteiger partial charge < -0.3 is 10.1 Å². The number of hydrogen-bond donors (Lipinski definition) is 1. The van der Waals surface area contributed by atoms with Crippen LogP contribution in [-0.4, -0.2) is 12.1 Å². The van der Waals surface area contributed by atoms with E-state index >= 15 is 0 Å². The van der Waals surface area contributed by atoms with Crippen LogP contribution in [0, 0.1) is 6.92 Å². The molecular weight excluding hydrogens is 248 g/mol. The molecule has 1 atom stereocenters. The normalized spacial score (nSPS) is 17.4. The van der Waals surface area contributed by atoms with Crippen LogP contribution in [0.4, 0.5) is 5.69 Å². The molecule has 1 aromatic heterocycles. The van der Waals surface area contributed by atoms with Crippen LogP contribution < -0.4 is 10.1 Å². The lowest BCUT2D eigenvalue weighted by Crippen LogP contribution is -2.18. The Labute approximate surface area is 120 Å². The smallest absolute Gasteiger partial charge is 0.119 e. The summed E-state index contributed by atoms with van der Waals surface area (Å²) in [6.07, 6.45) is 5.35. The van der Waals surface area contributed by atoms with Gasteiger partial charge in [0.05, 0.1) is 24.5 Å². The molecule has 0 bridgehead atoms. The highest BCUT2D eigenvalue weighted by Gasteiger charge is 2.21. The average molecular weight is 268 g/mol. The van der Waals surface area contributed by atoms with Crippen molar-refractivity contribution in [3.8, 4) is 5.75 Å². The van der Waals surface area contributed by atoms with E-state index in [9.17, 15) is 0 Å². The monoisotopic (exact) mass is 268 g/mol. The van der Waals surface area contributed by atoms with Gasteiger partial charge >= 0.3 is 0 Å². The first kappa shape index (κ1) is 13.0. The Morgan fingerprint density at radius 1 is 1.30 bits per heavy atom. The third-order valence-corrected chi connectivity index (χ3v) is 4.00. The van der Waals surface area contributed by atoms with E-state index in [4.69, 9.17) is 4.74 Å². The predicted molar refractivity (Wildman–Crippen MR) is 81.3 cm³/mol. The lowest BCUT2D eigenvalue weighted by atomic mass is 9.87. The van der Waals surface area contributed by atoms with Gasteiger partial charge in [0.15, 0.2) is 0 Å². The molecule has 20 heavy (non-hydrogen) atoms. The van der Waals surface area contributed by atoms with E-state index in [1.54, 1.807) is 7.11 Å². The van der Waals surface area contributed by atoms with Gasteiger partial charge in [0.1, 0.15) is 5.75 Å². The molecule has 1 aromatic carbocycles. The third-order valence-electron chi connectivity index (χ3n) is 4.00. The average Bonchev–Trinajstić information content (AvgIpc) is 2.49. The first-order valence-corrected chi connectivity index (χ1v) is 7.13. The van der Waals surface area contributed by atoms with Gasteiger partial charge in [-0.2, -0.15) is 0 Å². The highest BCUT2D eigenvalue weighted by Crippen LogP contribution is 2.35. The number of fused-ring (bicyclic) bond motifs is 1. The second-order valence-electron chi connectivity index (χ2n) is 5.29. The summed E-state index contributed by atoms with van der Waals surface area (Å²) in [7, 11) is 1.72. The molecule has 104 valence electrons. The van der Waals surface area contributed by atoms with Crippen molar-refractivity contribution >= 4 is 5.69 Å². The fourth-order valence-electron chi connectivity index (χ4n) is 2.88. The van der Waals surface area contributed by atoms with E-state index in [1.165, 1.54) is 17.5 Å². The zero-order valence-electron chi connectivity index (χ0n) is 12.0. The van der Waals surface area contributed by atoms with Gasteiger partial charge in [-0.15, -0.1) is 0 Å². The van der Waals surface area contributed by atoms with Gasteiger partial charge in [0, 0.05) is 6.20 Å². The number of aryl methyl sites for hydroxylation is 2. The molecule has 1 unspecified atom stereocenters. The molecule has 1 aliphatic rings.